The number of ether oxygens (including phenoxy) is 1. The van der Waals surface area contributed by atoms with Gasteiger partial charge in [0.2, 0.25) is 0 Å². The van der Waals surface area contributed by atoms with E-state index in [1.54, 1.807) is 0 Å². The molecule has 134 valence electrons. The largest absolute Gasteiger partial charge is 0.494 e. The van der Waals surface area contributed by atoms with Crippen molar-refractivity contribution in [2.75, 3.05) is 19.7 Å². The van der Waals surface area contributed by atoms with Crippen molar-refractivity contribution in [3.63, 3.8) is 0 Å². The number of carboxylic acids is 1. The summed E-state index contributed by atoms with van der Waals surface area (Å²) in [7, 11) is 0. The fourth-order valence-electron chi connectivity index (χ4n) is 3.34. The highest BCUT2D eigenvalue weighted by molar-refractivity contribution is 5.66. The van der Waals surface area contributed by atoms with Gasteiger partial charge in [0, 0.05) is 6.54 Å². The molecule has 4 nitrogen and oxygen atoms in total. The maximum atomic E-state index is 10.4. The molecule has 0 bridgehead atoms. The molecule has 2 rings (SSSR count). The van der Waals surface area contributed by atoms with Crippen LogP contribution in [-0.4, -0.2) is 30.8 Å². The third-order valence-electron chi connectivity index (χ3n) is 4.78. The van der Waals surface area contributed by atoms with Crippen LogP contribution in [0.25, 0.3) is 0 Å². The molecule has 1 aromatic carbocycles. The first-order valence-corrected chi connectivity index (χ1v) is 9.38. The zero-order valence-corrected chi connectivity index (χ0v) is 14.6. The molecule has 0 atom stereocenters. The lowest BCUT2D eigenvalue weighted by atomic mass is 9.86. The van der Waals surface area contributed by atoms with E-state index in [1.165, 1.54) is 44.1 Å². The summed E-state index contributed by atoms with van der Waals surface area (Å²) in [6, 6.07) is 8.26. The van der Waals surface area contributed by atoms with Gasteiger partial charge in [-0.2, -0.15) is 0 Å². The fraction of sp³-hybridized carbons (Fsp3) is 0.650. The van der Waals surface area contributed by atoms with Gasteiger partial charge in [0.25, 0.3) is 0 Å². The molecule has 1 fully saturated rings. The lowest BCUT2D eigenvalue weighted by Crippen LogP contribution is -2.20. The Morgan fingerprint density at radius 2 is 1.88 bits per heavy atom. The van der Waals surface area contributed by atoms with Crippen LogP contribution in [0.3, 0.4) is 0 Å². The highest BCUT2D eigenvalue weighted by Crippen LogP contribution is 2.27. The summed E-state index contributed by atoms with van der Waals surface area (Å²) in [4.78, 5) is 10.4. The quantitative estimate of drug-likeness (QED) is 0.600. The number of rotatable bonds is 11. The monoisotopic (exact) mass is 333 g/mol. The van der Waals surface area contributed by atoms with Crippen molar-refractivity contribution in [3.8, 4) is 5.75 Å². The van der Waals surface area contributed by atoms with Crippen LogP contribution in [0.1, 0.15) is 56.9 Å². The summed E-state index contributed by atoms with van der Waals surface area (Å²) in [6.45, 7) is 2.14. The summed E-state index contributed by atoms with van der Waals surface area (Å²) in [5.74, 6) is 1.12. The topological polar surface area (TPSA) is 58.6 Å². The third kappa shape index (κ3) is 7.82. The molecule has 0 aromatic heterocycles. The molecule has 2 N–H and O–H groups in total. The Balaban J connectivity index is 1.55. The molecular formula is C20H31NO3. The van der Waals surface area contributed by atoms with Crippen molar-refractivity contribution in [1.29, 1.82) is 0 Å². The Morgan fingerprint density at radius 1 is 1.12 bits per heavy atom. The molecule has 4 heteroatoms. The number of benzene rings is 1. The molecular weight excluding hydrogens is 302 g/mol. The highest BCUT2D eigenvalue weighted by atomic mass is 16.5. The van der Waals surface area contributed by atoms with E-state index >= 15 is 0 Å². The first-order valence-electron chi connectivity index (χ1n) is 9.38. The number of nitrogens with one attached hydrogen (secondary N) is 1. The molecule has 1 aliphatic carbocycles. The van der Waals surface area contributed by atoms with Crippen LogP contribution >= 0.6 is 0 Å². The second kappa shape index (κ2) is 11.1. The van der Waals surface area contributed by atoms with Gasteiger partial charge < -0.3 is 15.2 Å². The maximum absolute atomic E-state index is 10.4. The number of carbonyl (C=O) groups is 1. The number of aliphatic carboxylic acids is 1. The zero-order chi connectivity index (χ0) is 17.0. The van der Waals surface area contributed by atoms with Gasteiger partial charge in [0.15, 0.2) is 0 Å². The number of hydrogen-bond donors (Lipinski definition) is 2. The Labute approximate surface area is 145 Å². The second-order valence-corrected chi connectivity index (χ2v) is 6.78. The molecule has 0 saturated heterocycles. The average molecular weight is 333 g/mol. The van der Waals surface area contributed by atoms with Gasteiger partial charge in [-0.25, -0.2) is 0 Å². The third-order valence-corrected chi connectivity index (χ3v) is 4.78. The molecule has 1 aliphatic rings. The Kier molecular flexibility index (Phi) is 8.67. The molecule has 0 aliphatic heterocycles. The minimum atomic E-state index is -0.757. The summed E-state index contributed by atoms with van der Waals surface area (Å²) in [5, 5.41) is 11.7. The van der Waals surface area contributed by atoms with Crippen molar-refractivity contribution in [1.82, 2.24) is 5.32 Å². The van der Waals surface area contributed by atoms with Gasteiger partial charge in [-0.15, -0.1) is 0 Å². The van der Waals surface area contributed by atoms with Gasteiger partial charge in [-0.05, 0) is 49.4 Å². The molecule has 0 unspecified atom stereocenters. The van der Waals surface area contributed by atoms with Crippen LogP contribution in [0.2, 0.25) is 0 Å². The second-order valence-electron chi connectivity index (χ2n) is 6.78. The molecule has 0 radical (unpaired) electrons. The van der Waals surface area contributed by atoms with Gasteiger partial charge in [-0.3, -0.25) is 4.79 Å². The molecule has 1 saturated carbocycles. The maximum Gasteiger partial charge on any atom is 0.304 e. The van der Waals surface area contributed by atoms with Crippen LogP contribution in [-0.2, 0) is 11.2 Å². The first kappa shape index (κ1) is 18.8. The number of hydrogen-bond acceptors (Lipinski definition) is 3. The summed E-state index contributed by atoms with van der Waals surface area (Å²) in [6.07, 6.45) is 10.6. The van der Waals surface area contributed by atoms with Gasteiger partial charge >= 0.3 is 5.97 Å². The summed E-state index contributed by atoms with van der Waals surface area (Å²) < 4.78 is 5.84. The van der Waals surface area contributed by atoms with E-state index < -0.39 is 5.97 Å². The van der Waals surface area contributed by atoms with Crippen LogP contribution in [0.4, 0.5) is 0 Å². The van der Waals surface area contributed by atoms with Gasteiger partial charge in [-0.1, -0.05) is 44.2 Å². The minimum Gasteiger partial charge on any atom is -0.494 e. The number of carboxylic acid groups (broad SMARTS) is 1. The minimum absolute atomic E-state index is 0.174. The van der Waals surface area contributed by atoms with Crippen LogP contribution in [0, 0.1) is 5.92 Å². The predicted octanol–water partition coefficient (Wildman–Crippen LogP) is 4.03. The molecule has 0 heterocycles. The lowest BCUT2D eigenvalue weighted by Gasteiger charge is -2.21. The van der Waals surface area contributed by atoms with E-state index in [0.29, 0.717) is 6.54 Å². The smallest absolute Gasteiger partial charge is 0.304 e. The van der Waals surface area contributed by atoms with E-state index in [4.69, 9.17) is 9.84 Å². The van der Waals surface area contributed by atoms with E-state index in [-0.39, 0.29) is 6.42 Å². The van der Waals surface area contributed by atoms with Gasteiger partial charge in [0.05, 0.1) is 13.0 Å². The Hall–Kier alpha value is -1.55. The fourth-order valence-corrected chi connectivity index (χ4v) is 3.34. The normalized spacial score (nSPS) is 15.3. The first-order chi connectivity index (χ1) is 11.7. The highest BCUT2D eigenvalue weighted by Gasteiger charge is 2.12. The van der Waals surface area contributed by atoms with Crippen LogP contribution < -0.4 is 10.1 Å². The van der Waals surface area contributed by atoms with Crippen LogP contribution in [0.15, 0.2) is 24.3 Å². The van der Waals surface area contributed by atoms with Crippen molar-refractivity contribution >= 4 is 5.97 Å². The summed E-state index contributed by atoms with van der Waals surface area (Å²) in [5.41, 5.74) is 1.24. The van der Waals surface area contributed by atoms with E-state index in [1.807, 2.05) is 12.1 Å². The molecule has 24 heavy (non-hydrogen) atoms. The van der Waals surface area contributed by atoms with Crippen molar-refractivity contribution < 1.29 is 14.6 Å². The van der Waals surface area contributed by atoms with Crippen molar-refractivity contribution in [2.45, 2.75) is 57.8 Å². The van der Waals surface area contributed by atoms with Crippen LogP contribution in [0.5, 0.6) is 5.75 Å². The molecule has 0 amide bonds. The van der Waals surface area contributed by atoms with Crippen molar-refractivity contribution in [3.05, 3.63) is 29.8 Å². The standard InChI is InChI=1S/C20H31NO3/c22-20(23)13-15-21-14-12-18-8-10-19(11-9-18)24-16-4-7-17-5-2-1-3-6-17/h8-11,17,21H,1-7,12-16H2,(H,22,23). The SMILES string of the molecule is O=C(O)CCNCCc1ccc(OCCCC2CCCCC2)cc1. The molecule has 0 spiro atoms. The van der Waals surface area contributed by atoms with Gasteiger partial charge in [0.1, 0.15) is 5.75 Å². The molecule has 1 aromatic rings. The lowest BCUT2D eigenvalue weighted by molar-refractivity contribution is -0.136. The Bertz CT molecular complexity index is 466. The van der Waals surface area contributed by atoms with E-state index in [2.05, 4.69) is 17.4 Å². The zero-order valence-electron chi connectivity index (χ0n) is 14.6. The average Bonchev–Trinajstić information content (AvgIpc) is 2.60. The predicted molar refractivity (Wildman–Crippen MR) is 96.6 cm³/mol. The van der Waals surface area contributed by atoms with E-state index in [9.17, 15) is 4.79 Å². The van der Waals surface area contributed by atoms with E-state index in [0.717, 1.165) is 37.7 Å². The summed E-state index contributed by atoms with van der Waals surface area (Å²) >= 11 is 0. The Morgan fingerprint density at radius 3 is 2.58 bits per heavy atom. The van der Waals surface area contributed by atoms with Crippen molar-refractivity contribution in [2.24, 2.45) is 5.92 Å².